The van der Waals surface area contributed by atoms with Gasteiger partial charge in [-0.15, -0.1) is 0 Å². The Bertz CT molecular complexity index is 234. The largest absolute Gasteiger partial charge is 0.399 e. The second-order valence-corrected chi connectivity index (χ2v) is 2.39. The summed E-state index contributed by atoms with van der Waals surface area (Å²) in [6.07, 6.45) is 0. The number of rotatable bonds is 1. The number of hydrogen-bond acceptors (Lipinski definition) is 4. The summed E-state index contributed by atoms with van der Waals surface area (Å²) in [6, 6.07) is 5.78. The monoisotopic (exact) mass is 170 g/mol. The molecule has 0 saturated heterocycles. The molecule has 0 aliphatic rings. The van der Waals surface area contributed by atoms with Gasteiger partial charge in [0.2, 0.25) is 0 Å². The number of nitrogens with two attached hydrogens (primary N) is 2. The molecule has 0 spiro atoms. The molecule has 0 heterocycles. The molecular weight excluding hydrogens is 152 g/mol. The summed E-state index contributed by atoms with van der Waals surface area (Å²) in [5, 5.41) is 0. The van der Waals surface area contributed by atoms with Gasteiger partial charge in [-0.2, -0.15) is 0 Å². The fourth-order valence-electron chi connectivity index (χ4n) is 0.911. The van der Waals surface area contributed by atoms with Crippen molar-refractivity contribution in [3.05, 3.63) is 29.3 Å². The van der Waals surface area contributed by atoms with Gasteiger partial charge in [0, 0.05) is 12.2 Å². The van der Waals surface area contributed by atoms with Crippen LogP contribution >= 0.6 is 0 Å². The SMILES string of the molecule is Cc1ccc(N)cc1CN.N.N. The van der Waals surface area contributed by atoms with E-state index in [1.54, 1.807) is 0 Å². The van der Waals surface area contributed by atoms with Crippen LogP contribution in [0.2, 0.25) is 0 Å². The zero-order valence-corrected chi connectivity index (χ0v) is 7.51. The second kappa shape index (κ2) is 5.54. The standard InChI is InChI=1S/C8H12N2.2H3N/c1-6-2-3-8(10)4-7(6)5-9;;/h2-4H,5,9-10H2,1H3;2*1H3. The molecule has 12 heavy (non-hydrogen) atoms. The Kier molecular flexibility index (Phi) is 6.22. The van der Waals surface area contributed by atoms with Crippen LogP contribution in [0.15, 0.2) is 18.2 Å². The first-order valence-electron chi connectivity index (χ1n) is 3.29. The molecule has 0 aliphatic heterocycles. The molecule has 4 nitrogen and oxygen atoms in total. The van der Waals surface area contributed by atoms with Crippen LogP contribution in [0.5, 0.6) is 0 Å². The van der Waals surface area contributed by atoms with Crippen LogP contribution in [0.3, 0.4) is 0 Å². The first-order valence-corrected chi connectivity index (χ1v) is 3.29. The first-order chi connectivity index (χ1) is 4.74. The van der Waals surface area contributed by atoms with Crippen molar-refractivity contribution in [1.29, 1.82) is 0 Å². The minimum atomic E-state index is 0. The van der Waals surface area contributed by atoms with Crippen molar-refractivity contribution in [3.63, 3.8) is 0 Å². The van der Waals surface area contributed by atoms with Gasteiger partial charge >= 0.3 is 0 Å². The van der Waals surface area contributed by atoms with E-state index in [1.165, 1.54) is 5.56 Å². The van der Waals surface area contributed by atoms with Crippen molar-refractivity contribution in [3.8, 4) is 0 Å². The van der Waals surface area contributed by atoms with Crippen LogP contribution in [-0.2, 0) is 6.54 Å². The molecule has 70 valence electrons. The number of anilines is 1. The molecule has 1 aromatic rings. The molecule has 0 fully saturated rings. The van der Waals surface area contributed by atoms with Crippen molar-refractivity contribution < 1.29 is 0 Å². The molecule has 0 bridgehead atoms. The number of aryl methyl sites for hydroxylation is 1. The summed E-state index contributed by atoms with van der Waals surface area (Å²) in [7, 11) is 0. The van der Waals surface area contributed by atoms with E-state index in [1.807, 2.05) is 25.1 Å². The van der Waals surface area contributed by atoms with E-state index in [0.29, 0.717) is 6.54 Å². The molecule has 10 N–H and O–H groups in total. The maximum atomic E-state index is 5.55. The van der Waals surface area contributed by atoms with Gasteiger partial charge in [0.15, 0.2) is 0 Å². The van der Waals surface area contributed by atoms with Gasteiger partial charge in [-0.25, -0.2) is 0 Å². The molecule has 0 amide bonds. The summed E-state index contributed by atoms with van der Waals surface area (Å²) >= 11 is 0. The Labute approximate surface area is 73.1 Å². The topological polar surface area (TPSA) is 122 Å². The molecule has 0 unspecified atom stereocenters. The van der Waals surface area contributed by atoms with Crippen LogP contribution in [0.25, 0.3) is 0 Å². The average molecular weight is 170 g/mol. The van der Waals surface area contributed by atoms with Crippen LogP contribution in [0.4, 0.5) is 5.69 Å². The van der Waals surface area contributed by atoms with E-state index >= 15 is 0 Å². The van der Waals surface area contributed by atoms with Gasteiger partial charge in [0.05, 0.1) is 0 Å². The maximum Gasteiger partial charge on any atom is 0.0317 e. The van der Waals surface area contributed by atoms with Crippen molar-refractivity contribution >= 4 is 5.69 Å². The predicted octanol–water partition coefficient (Wildman–Crippen LogP) is 1.36. The lowest BCUT2D eigenvalue weighted by Crippen LogP contribution is -1.99. The van der Waals surface area contributed by atoms with E-state index in [4.69, 9.17) is 11.5 Å². The normalized spacial score (nSPS) is 8.17. The summed E-state index contributed by atoms with van der Waals surface area (Å²) in [5.41, 5.74) is 14.1. The predicted molar refractivity (Wildman–Crippen MR) is 53.5 cm³/mol. The smallest absolute Gasteiger partial charge is 0.0317 e. The Morgan fingerprint density at radius 2 is 1.83 bits per heavy atom. The quantitative estimate of drug-likeness (QED) is 0.475. The lowest BCUT2D eigenvalue weighted by atomic mass is 10.1. The summed E-state index contributed by atoms with van der Waals surface area (Å²) in [6.45, 7) is 2.60. The first kappa shape index (κ1) is 13.5. The molecule has 1 rings (SSSR count). The Morgan fingerprint density at radius 3 is 2.25 bits per heavy atom. The van der Waals surface area contributed by atoms with Crippen molar-refractivity contribution in [2.24, 2.45) is 5.73 Å². The van der Waals surface area contributed by atoms with E-state index in [0.717, 1.165) is 11.3 Å². The number of hydrogen-bond donors (Lipinski definition) is 4. The molecular formula is C8H18N4. The lowest BCUT2D eigenvalue weighted by molar-refractivity contribution is 1.05. The van der Waals surface area contributed by atoms with Crippen LogP contribution < -0.4 is 23.8 Å². The third-order valence-corrected chi connectivity index (χ3v) is 1.59. The summed E-state index contributed by atoms with van der Waals surface area (Å²) in [5.74, 6) is 0. The molecule has 0 aromatic heterocycles. The minimum Gasteiger partial charge on any atom is -0.399 e. The molecule has 0 radical (unpaired) electrons. The minimum absolute atomic E-state index is 0. The second-order valence-electron chi connectivity index (χ2n) is 2.39. The summed E-state index contributed by atoms with van der Waals surface area (Å²) < 4.78 is 0. The molecule has 4 heteroatoms. The van der Waals surface area contributed by atoms with E-state index in [2.05, 4.69) is 0 Å². The van der Waals surface area contributed by atoms with Crippen molar-refractivity contribution in [1.82, 2.24) is 12.3 Å². The Balaban J connectivity index is 0. The van der Waals surface area contributed by atoms with Crippen molar-refractivity contribution in [2.75, 3.05) is 5.73 Å². The van der Waals surface area contributed by atoms with Crippen LogP contribution in [0, 0.1) is 6.92 Å². The third kappa shape index (κ3) is 2.87. The molecule has 0 aliphatic carbocycles. The third-order valence-electron chi connectivity index (χ3n) is 1.59. The highest BCUT2D eigenvalue weighted by atomic mass is 14.6. The molecule has 0 saturated carbocycles. The van der Waals surface area contributed by atoms with Gasteiger partial charge in [-0.05, 0) is 30.2 Å². The lowest BCUT2D eigenvalue weighted by Gasteiger charge is -2.02. The molecule has 0 atom stereocenters. The van der Waals surface area contributed by atoms with Crippen LogP contribution in [-0.4, -0.2) is 0 Å². The highest BCUT2D eigenvalue weighted by Crippen LogP contribution is 2.10. The van der Waals surface area contributed by atoms with Crippen molar-refractivity contribution in [2.45, 2.75) is 13.5 Å². The van der Waals surface area contributed by atoms with Crippen LogP contribution in [0.1, 0.15) is 11.1 Å². The Morgan fingerprint density at radius 1 is 1.25 bits per heavy atom. The average Bonchev–Trinajstić information content (AvgIpc) is 1.94. The highest BCUT2D eigenvalue weighted by molar-refractivity contribution is 5.44. The maximum absolute atomic E-state index is 5.55. The van der Waals surface area contributed by atoms with Gasteiger partial charge in [0.25, 0.3) is 0 Å². The van der Waals surface area contributed by atoms with Gasteiger partial charge in [0.1, 0.15) is 0 Å². The van der Waals surface area contributed by atoms with Gasteiger partial charge in [-0.3, -0.25) is 0 Å². The zero-order chi connectivity index (χ0) is 7.56. The van der Waals surface area contributed by atoms with Gasteiger partial charge in [-0.1, -0.05) is 6.07 Å². The zero-order valence-electron chi connectivity index (χ0n) is 7.51. The van der Waals surface area contributed by atoms with E-state index in [9.17, 15) is 0 Å². The molecule has 1 aromatic carbocycles. The number of nitrogen functional groups attached to an aromatic ring is 1. The fourth-order valence-corrected chi connectivity index (χ4v) is 0.911. The summed E-state index contributed by atoms with van der Waals surface area (Å²) in [4.78, 5) is 0. The fraction of sp³-hybridized carbons (Fsp3) is 0.250. The Hall–Kier alpha value is -1.10. The van der Waals surface area contributed by atoms with Gasteiger partial charge < -0.3 is 23.8 Å². The van der Waals surface area contributed by atoms with E-state index in [-0.39, 0.29) is 12.3 Å². The van der Waals surface area contributed by atoms with E-state index < -0.39 is 0 Å². The number of benzene rings is 1. The highest BCUT2D eigenvalue weighted by Gasteiger charge is 1.94.